The molecule has 0 spiro atoms. The Morgan fingerprint density at radius 3 is 2.96 bits per heavy atom. The van der Waals surface area contributed by atoms with E-state index in [-0.39, 0.29) is 5.91 Å². The summed E-state index contributed by atoms with van der Waals surface area (Å²) in [7, 11) is 3.98. The maximum Gasteiger partial charge on any atom is 0.258 e. The summed E-state index contributed by atoms with van der Waals surface area (Å²) in [6.45, 7) is 4.16. The van der Waals surface area contributed by atoms with E-state index in [1.165, 1.54) is 11.1 Å². The molecule has 0 bridgehead atoms. The van der Waals surface area contributed by atoms with Crippen LogP contribution in [0.15, 0.2) is 36.5 Å². The van der Waals surface area contributed by atoms with E-state index < -0.39 is 0 Å². The van der Waals surface area contributed by atoms with E-state index in [0.717, 1.165) is 25.2 Å². The molecule has 5 heteroatoms. The van der Waals surface area contributed by atoms with Crippen LogP contribution in [0.25, 0.3) is 0 Å². The molecule has 0 saturated heterocycles. The number of hydrogen-bond donors (Lipinski definition) is 0. The third-order valence-corrected chi connectivity index (χ3v) is 4.28. The Labute approximate surface area is 142 Å². The quantitative estimate of drug-likeness (QED) is 0.847. The second-order valence-electron chi connectivity index (χ2n) is 6.31. The van der Waals surface area contributed by atoms with Gasteiger partial charge in [0.15, 0.2) is 0 Å². The summed E-state index contributed by atoms with van der Waals surface area (Å²) < 4.78 is 5.64. The van der Waals surface area contributed by atoms with E-state index in [4.69, 9.17) is 4.74 Å². The molecule has 0 aliphatic carbocycles. The number of hydrogen-bond acceptors (Lipinski definition) is 4. The summed E-state index contributed by atoms with van der Waals surface area (Å²) in [5, 5.41) is 0. The molecule has 3 rings (SSSR count). The maximum absolute atomic E-state index is 12.9. The predicted molar refractivity (Wildman–Crippen MR) is 94.8 cm³/mol. The lowest BCUT2D eigenvalue weighted by Gasteiger charge is -2.18. The van der Waals surface area contributed by atoms with Crippen LogP contribution in [0.2, 0.25) is 0 Å². The van der Waals surface area contributed by atoms with E-state index in [9.17, 15) is 4.79 Å². The van der Waals surface area contributed by atoms with Gasteiger partial charge >= 0.3 is 0 Å². The average molecular weight is 325 g/mol. The minimum Gasteiger partial charge on any atom is -0.476 e. The number of aromatic nitrogens is 1. The number of nitrogens with zero attached hydrogens (tertiary/aromatic N) is 3. The van der Waals surface area contributed by atoms with Crippen molar-refractivity contribution < 1.29 is 9.53 Å². The van der Waals surface area contributed by atoms with Gasteiger partial charge in [0.1, 0.15) is 6.61 Å². The van der Waals surface area contributed by atoms with Crippen LogP contribution in [0.1, 0.15) is 21.5 Å². The standard InChI is InChI=1S/C19H23N3O2/c1-14-5-4-6-17-16(14)8-10-22(17)19(23)15-7-9-20-18(13-15)24-12-11-21(2)3/h4-7,9,13H,8,10-12H2,1-3H3. The molecule has 2 heterocycles. The molecule has 1 aromatic heterocycles. The Bertz CT molecular complexity index is 743. The van der Waals surface area contributed by atoms with Crippen molar-refractivity contribution in [3.8, 4) is 5.88 Å². The Hall–Kier alpha value is -2.40. The fourth-order valence-electron chi connectivity index (χ4n) is 2.93. The second kappa shape index (κ2) is 7.01. The lowest BCUT2D eigenvalue weighted by Crippen LogP contribution is -2.29. The molecule has 0 N–H and O–H groups in total. The number of rotatable bonds is 5. The number of amides is 1. The first-order valence-corrected chi connectivity index (χ1v) is 8.20. The fraction of sp³-hybridized carbons (Fsp3) is 0.368. The fourth-order valence-corrected chi connectivity index (χ4v) is 2.93. The highest BCUT2D eigenvalue weighted by Crippen LogP contribution is 2.31. The van der Waals surface area contributed by atoms with Gasteiger partial charge in [-0.3, -0.25) is 4.79 Å². The maximum atomic E-state index is 12.9. The monoisotopic (exact) mass is 325 g/mol. The van der Waals surface area contributed by atoms with Crippen LogP contribution in [-0.2, 0) is 6.42 Å². The predicted octanol–water partition coefficient (Wildman–Crippen LogP) is 2.53. The van der Waals surface area contributed by atoms with Crippen LogP contribution in [0.3, 0.4) is 0 Å². The summed E-state index contributed by atoms with van der Waals surface area (Å²) in [6.07, 6.45) is 2.54. The van der Waals surface area contributed by atoms with E-state index >= 15 is 0 Å². The van der Waals surface area contributed by atoms with Crippen LogP contribution in [0, 0.1) is 6.92 Å². The summed E-state index contributed by atoms with van der Waals surface area (Å²) in [5.74, 6) is 0.491. The molecule has 1 aliphatic heterocycles. The number of ether oxygens (including phenoxy) is 1. The number of aryl methyl sites for hydroxylation is 1. The number of carbonyl (C=O) groups is 1. The third kappa shape index (κ3) is 3.41. The number of pyridine rings is 1. The van der Waals surface area contributed by atoms with E-state index in [2.05, 4.69) is 18.0 Å². The minimum absolute atomic E-state index is 0.000732. The SMILES string of the molecule is Cc1cccc2c1CCN2C(=O)c1ccnc(OCCN(C)C)c1. The van der Waals surface area contributed by atoms with Crippen molar-refractivity contribution >= 4 is 11.6 Å². The minimum atomic E-state index is -0.000732. The summed E-state index contributed by atoms with van der Waals surface area (Å²) in [5.41, 5.74) is 4.14. The summed E-state index contributed by atoms with van der Waals surface area (Å²) >= 11 is 0. The zero-order valence-electron chi connectivity index (χ0n) is 14.5. The van der Waals surface area contributed by atoms with E-state index in [1.807, 2.05) is 36.0 Å². The van der Waals surface area contributed by atoms with Crippen molar-refractivity contribution in [2.45, 2.75) is 13.3 Å². The number of benzene rings is 1. The molecule has 0 fully saturated rings. The largest absolute Gasteiger partial charge is 0.476 e. The average Bonchev–Trinajstić information content (AvgIpc) is 2.99. The summed E-state index contributed by atoms with van der Waals surface area (Å²) in [4.78, 5) is 21.0. The van der Waals surface area contributed by atoms with Crippen molar-refractivity contribution in [1.82, 2.24) is 9.88 Å². The van der Waals surface area contributed by atoms with Gasteiger partial charge in [0.05, 0.1) is 0 Å². The molecule has 1 aromatic carbocycles. The zero-order chi connectivity index (χ0) is 17.1. The lowest BCUT2D eigenvalue weighted by atomic mass is 10.1. The second-order valence-corrected chi connectivity index (χ2v) is 6.31. The molecule has 0 unspecified atom stereocenters. The van der Waals surface area contributed by atoms with Crippen molar-refractivity contribution in [2.24, 2.45) is 0 Å². The molecule has 1 aliphatic rings. The van der Waals surface area contributed by atoms with Crippen LogP contribution >= 0.6 is 0 Å². The van der Waals surface area contributed by atoms with Crippen LogP contribution in [0.5, 0.6) is 5.88 Å². The van der Waals surface area contributed by atoms with Crippen LogP contribution < -0.4 is 9.64 Å². The van der Waals surface area contributed by atoms with Crippen LogP contribution in [0.4, 0.5) is 5.69 Å². The first-order chi connectivity index (χ1) is 11.6. The molecule has 0 radical (unpaired) electrons. The van der Waals surface area contributed by atoms with Gasteiger partial charge in [-0.1, -0.05) is 12.1 Å². The molecule has 0 saturated carbocycles. The van der Waals surface area contributed by atoms with Crippen molar-refractivity contribution in [3.63, 3.8) is 0 Å². The first-order valence-electron chi connectivity index (χ1n) is 8.20. The topological polar surface area (TPSA) is 45.7 Å². The van der Waals surface area contributed by atoms with Gasteiger partial charge in [-0.05, 0) is 50.7 Å². The first kappa shape index (κ1) is 16.5. The number of likely N-dealkylation sites (N-methyl/N-ethyl adjacent to an activating group) is 1. The van der Waals surface area contributed by atoms with Gasteiger partial charge in [-0.25, -0.2) is 4.98 Å². The Morgan fingerprint density at radius 1 is 1.33 bits per heavy atom. The molecular formula is C19H23N3O2. The molecule has 126 valence electrons. The molecule has 1 amide bonds. The molecule has 2 aromatic rings. The number of fused-ring (bicyclic) bond motifs is 1. The molecule has 24 heavy (non-hydrogen) atoms. The van der Waals surface area contributed by atoms with Gasteiger partial charge in [-0.2, -0.15) is 0 Å². The molecule has 5 nitrogen and oxygen atoms in total. The highest BCUT2D eigenvalue weighted by Gasteiger charge is 2.26. The lowest BCUT2D eigenvalue weighted by molar-refractivity contribution is 0.0988. The molecule has 0 atom stereocenters. The van der Waals surface area contributed by atoms with Crippen molar-refractivity contribution in [3.05, 3.63) is 53.2 Å². The zero-order valence-corrected chi connectivity index (χ0v) is 14.5. The normalized spacial score (nSPS) is 13.2. The van der Waals surface area contributed by atoms with Gasteiger partial charge < -0.3 is 14.5 Å². The number of carbonyl (C=O) groups excluding carboxylic acids is 1. The van der Waals surface area contributed by atoms with Crippen LogP contribution in [-0.4, -0.2) is 49.6 Å². The smallest absolute Gasteiger partial charge is 0.258 e. The van der Waals surface area contributed by atoms with Gasteiger partial charge in [0.25, 0.3) is 5.91 Å². The van der Waals surface area contributed by atoms with E-state index in [1.54, 1.807) is 18.3 Å². The van der Waals surface area contributed by atoms with E-state index in [0.29, 0.717) is 18.1 Å². The number of anilines is 1. The van der Waals surface area contributed by atoms with Crippen molar-refractivity contribution in [1.29, 1.82) is 0 Å². The Morgan fingerprint density at radius 2 is 2.17 bits per heavy atom. The van der Waals surface area contributed by atoms with Gasteiger partial charge in [0.2, 0.25) is 5.88 Å². The highest BCUT2D eigenvalue weighted by atomic mass is 16.5. The summed E-state index contributed by atoms with van der Waals surface area (Å²) in [6, 6.07) is 9.58. The molecular weight excluding hydrogens is 302 g/mol. The van der Waals surface area contributed by atoms with Gasteiger partial charge in [-0.15, -0.1) is 0 Å². The third-order valence-electron chi connectivity index (χ3n) is 4.28. The Kier molecular flexibility index (Phi) is 4.81. The highest BCUT2D eigenvalue weighted by molar-refractivity contribution is 6.07. The van der Waals surface area contributed by atoms with Crippen molar-refractivity contribution in [2.75, 3.05) is 38.7 Å². The van der Waals surface area contributed by atoms with Gasteiger partial charge in [0, 0.05) is 36.6 Å². The Balaban J connectivity index is 1.76.